The topological polar surface area (TPSA) is 70.8 Å². The van der Waals surface area contributed by atoms with Gasteiger partial charge in [-0.3, -0.25) is 0 Å². The highest BCUT2D eigenvalue weighted by atomic mass is 32.2. The quantitative estimate of drug-likeness (QED) is 0.720. The standard InChI is InChI=1S/C10H12N2O2S/c1-6-7(2)10(15(4,13)14)9(5-11)12-8(6)3/h1-4H3. The van der Waals surface area contributed by atoms with E-state index in [0.717, 1.165) is 11.8 Å². The lowest BCUT2D eigenvalue weighted by Gasteiger charge is -2.10. The monoisotopic (exact) mass is 224 g/mol. The normalized spacial score (nSPS) is 11.1. The second-order valence-electron chi connectivity index (χ2n) is 3.51. The number of nitriles is 1. The summed E-state index contributed by atoms with van der Waals surface area (Å²) in [4.78, 5) is 4.03. The fraction of sp³-hybridized carbons (Fsp3) is 0.400. The molecule has 1 heterocycles. The Kier molecular flexibility index (Phi) is 2.82. The highest BCUT2D eigenvalue weighted by Crippen LogP contribution is 2.22. The van der Waals surface area contributed by atoms with E-state index in [2.05, 4.69) is 4.98 Å². The predicted octanol–water partition coefficient (Wildman–Crippen LogP) is 1.28. The number of rotatable bonds is 1. The van der Waals surface area contributed by atoms with Gasteiger partial charge in [-0.05, 0) is 31.9 Å². The van der Waals surface area contributed by atoms with Crippen LogP contribution in [0.2, 0.25) is 0 Å². The Labute approximate surface area is 89.5 Å². The third-order valence-corrected chi connectivity index (χ3v) is 3.66. The number of sulfone groups is 1. The first-order chi connectivity index (χ1) is 6.79. The van der Waals surface area contributed by atoms with Gasteiger partial charge in [0.05, 0.1) is 0 Å². The summed E-state index contributed by atoms with van der Waals surface area (Å²) in [6.45, 7) is 5.25. The molecule has 0 radical (unpaired) electrons. The maximum atomic E-state index is 11.5. The molecule has 4 nitrogen and oxygen atoms in total. The van der Waals surface area contributed by atoms with Crippen LogP contribution in [-0.2, 0) is 9.84 Å². The fourth-order valence-electron chi connectivity index (χ4n) is 1.45. The largest absolute Gasteiger partial charge is 0.241 e. The van der Waals surface area contributed by atoms with Gasteiger partial charge in [0.1, 0.15) is 11.0 Å². The molecule has 0 fully saturated rings. The number of aromatic nitrogens is 1. The van der Waals surface area contributed by atoms with Crippen LogP contribution in [0.4, 0.5) is 0 Å². The molecular formula is C10H12N2O2S. The van der Waals surface area contributed by atoms with Gasteiger partial charge in [0.15, 0.2) is 15.5 Å². The summed E-state index contributed by atoms with van der Waals surface area (Å²) in [7, 11) is -3.40. The lowest BCUT2D eigenvalue weighted by Crippen LogP contribution is -2.08. The average molecular weight is 224 g/mol. The van der Waals surface area contributed by atoms with E-state index in [1.165, 1.54) is 0 Å². The van der Waals surface area contributed by atoms with E-state index in [9.17, 15) is 8.42 Å². The molecule has 1 aromatic heterocycles. The zero-order chi connectivity index (χ0) is 11.8. The highest BCUT2D eigenvalue weighted by molar-refractivity contribution is 7.90. The van der Waals surface area contributed by atoms with Crippen LogP contribution in [0.25, 0.3) is 0 Å². The van der Waals surface area contributed by atoms with Gasteiger partial charge >= 0.3 is 0 Å². The van der Waals surface area contributed by atoms with Crippen molar-refractivity contribution in [1.82, 2.24) is 4.98 Å². The number of aryl methyl sites for hydroxylation is 1. The van der Waals surface area contributed by atoms with Gasteiger partial charge in [0.2, 0.25) is 0 Å². The Balaban J connectivity index is 3.81. The van der Waals surface area contributed by atoms with Gasteiger partial charge in [-0.1, -0.05) is 0 Å². The van der Waals surface area contributed by atoms with E-state index in [4.69, 9.17) is 5.26 Å². The molecule has 0 saturated heterocycles. The molecule has 15 heavy (non-hydrogen) atoms. The van der Waals surface area contributed by atoms with E-state index in [1.54, 1.807) is 20.8 Å². The molecule has 0 aromatic carbocycles. The Morgan fingerprint density at radius 3 is 2.13 bits per heavy atom. The molecule has 0 atom stereocenters. The molecule has 0 N–H and O–H groups in total. The van der Waals surface area contributed by atoms with Gasteiger partial charge in [-0.15, -0.1) is 0 Å². The minimum Gasteiger partial charge on any atom is -0.241 e. The minimum atomic E-state index is -3.40. The Bertz CT molecular complexity index is 554. The summed E-state index contributed by atoms with van der Waals surface area (Å²) >= 11 is 0. The predicted molar refractivity (Wildman–Crippen MR) is 56.3 cm³/mol. The van der Waals surface area contributed by atoms with E-state index in [0.29, 0.717) is 11.3 Å². The van der Waals surface area contributed by atoms with E-state index < -0.39 is 9.84 Å². The SMILES string of the molecule is Cc1nc(C#N)c(S(C)(=O)=O)c(C)c1C. The Hall–Kier alpha value is -1.41. The zero-order valence-electron chi connectivity index (χ0n) is 9.12. The zero-order valence-corrected chi connectivity index (χ0v) is 9.94. The van der Waals surface area contributed by atoms with Crippen molar-refractivity contribution in [2.45, 2.75) is 25.7 Å². The molecule has 0 unspecified atom stereocenters. The summed E-state index contributed by atoms with van der Waals surface area (Å²) in [5.74, 6) is 0. The van der Waals surface area contributed by atoms with Crippen LogP contribution in [0, 0.1) is 32.1 Å². The van der Waals surface area contributed by atoms with Crippen LogP contribution in [0.1, 0.15) is 22.5 Å². The van der Waals surface area contributed by atoms with E-state index in [1.807, 2.05) is 6.07 Å². The summed E-state index contributed by atoms with van der Waals surface area (Å²) in [5.41, 5.74) is 2.10. The van der Waals surface area contributed by atoms with Gasteiger partial charge in [0.25, 0.3) is 0 Å². The molecule has 0 aliphatic rings. The summed E-state index contributed by atoms with van der Waals surface area (Å²) in [6, 6.07) is 1.82. The summed E-state index contributed by atoms with van der Waals surface area (Å²) in [6.07, 6.45) is 1.09. The van der Waals surface area contributed by atoms with Crippen molar-refractivity contribution in [2.24, 2.45) is 0 Å². The molecule has 0 bridgehead atoms. The lowest BCUT2D eigenvalue weighted by atomic mass is 10.1. The van der Waals surface area contributed by atoms with Crippen LogP contribution in [0.3, 0.4) is 0 Å². The maximum Gasteiger partial charge on any atom is 0.178 e. The highest BCUT2D eigenvalue weighted by Gasteiger charge is 2.20. The molecule has 80 valence electrons. The van der Waals surface area contributed by atoms with Crippen LogP contribution in [-0.4, -0.2) is 19.7 Å². The summed E-state index contributed by atoms with van der Waals surface area (Å²) in [5, 5.41) is 8.84. The summed E-state index contributed by atoms with van der Waals surface area (Å²) < 4.78 is 23.0. The van der Waals surface area contributed by atoms with Crippen molar-refractivity contribution in [3.8, 4) is 6.07 Å². The minimum absolute atomic E-state index is 0.0156. The van der Waals surface area contributed by atoms with Gasteiger partial charge in [-0.25, -0.2) is 13.4 Å². The Morgan fingerprint density at radius 2 is 1.73 bits per heavy atom. The smallest absolute Gasteiger partial charge is 0.178 e. The van der Waals surface area contributed by atoms with Gasteiger partial charge < -0.3 is 0 Å². The van der Waals surface area contributed by atoms with Crippen LogP contribution in [0.15, 0.2) is 4.90 Å². The van der Waals surface area contributed by atoms with E-state index in [-0.39, 0.29) is 10.6 Å². The third kappa shape index (κ3) is 2.00. The number of hydrogen-bond donors (Lipinski definition) is 0. The van der Waals surface area contributed by atoms with E-state index >= 15 is 0 Å². The molecule has 1 aromatic rings. The number of pyridine rings is 1. The molecule has 1 rings (SSSR count). The molecule has 5 heteroatoms. The first-order valence-corrected chi connectivity index (χ1v) is 6.26. The third-order valence-electron chi connectivity index (χ3n) is 2.42. The van der Waals surface area contributed by atoms with Gasteiger partial charge in [-0.2, -0.15) is 5.26 Å². The maximum absolute atomic E-state index is 11.5. The van der Waals surface area contributed by atoms with Crippen LogP contribution in [0.5, 0.6) is 0 Å². The van der Waals surface area contributed by atoms with Crippen molar-refractivity contribution in [1.29, 1.82) is 5.26 Å². The molecule has 0 saturated carbocycles. The Morgan fingerprint density at radius 1 is 1.20 bits per heavy atom. The second kappa shape index (κ2) is 3.63. The first-order valence-electron chi connectivity index (χ1n) is 4.37. The number of hydrogen-bond acceptors (Lipinski definition) is 4. The van der Waals surface area contributed by atoms with Crippen molar-refractivity contribution < 1.29 is 8.42 Å². The molecule has 0 aliphatic carbocycles. The first kappa shape index (κ1) is 11.7. The lowest BCUT2D eigenvalue weighted by molar-refractivity contribution is 0.600. The van der Waals surface area contributed by atoms with Crippen LogP contribution >= 0.6 is 0 Å². The fourth-order valence-corrected chi connectivity index (χ4v) is 2.60. The second-order valence-corrected chi connectivity index (χ2v) is 5.46. The molecule has 0 aliphatic heterocycles. The van der Waals surface area contributed by atoms with Crippen molar-refractivity contribution in [3.05, 3.63) is 22.5 Å². The molecular weight excluding hydrogens is 212 g/mol. The van der Waals surface area contributed by atoms with Crippen molar-refractivity contribution >= 4 is 9.84 Å². The van der Waals surface area contributed by atoms with Crippen molar-refractivity contribution in [3.63, 3.8) is 0 Å². The van der Waals surface area contributed by atoms with Crippen LogP contribution < -0.4 is 0 Å². The molecule has 0 spiro atoms. The van der Waals surface area contributed by atoms with Gasteiger partial charge in [0, 0.05) is 11.9 Å². The van der Waals surface area contributed by atoms with Crippen molar-refractivity contribution in [2.75, 3.05) is 6.26 Å². The number of nitrogens with zero attached hydrogens (tertiary/aromatic N) is 2. The molecule has 0 amide bonds. The average Bonchev–Trinajstić information content (AvgIpc) is 2.11.